The third kappa shape index (κ3) is 5.20. The minimum Gasteiger partial charge on any atom is -0.352 e. The van der Waals surface area contributed by atoms with Gasteiger partial charge in [-0.2, -0.15) is 0 Å². The predicted molar refractivity (Wildman–Crippen MR) is 100 cm³/mol. The van der Waals surface area contributed by atoms with E-state index >= 15 is 0 Å². The highest BCUT2D eigenvalue weighted by atomic mass is 19.1. The van der Waals surface area contributed by atoms with Crippen molar-refractivity contribution in [2.75, 3.05) is 6.54 Å². The summed E-state index contributed by atoms with van der Waals surface area (Å²) in [5.74, 6) is -0.745. The number of carbonyl (C=O) groups excluding carboxylic acids is 1. The number of nitrogens with one attached hydrogen (secondary N) is 1. The molecule has 0 atom stereocenters. The van der Waals surface area contributed by atoms with E-state index in [2.05, 4.69) is 10.3 Å². The Kier molecular flexibility index (Phi) is 6.26. The summed E-state index contributed by atoms with van der Waals surface area (Å²) in [6, 6.07) is 16.1. The largest absolute Gasteiger partial charge is 0.352 e. The molecule has 138 valence electrons. The van der Waals surface area contributed by atoms with Gasteiger partial charge in [-0.15, -0.1) is 0 Å². The van der Waals surface area contributed by atoms with Gasteiger partial charge in [-0.25, -0.2) is 8.78 Å². The molecule has 0 aliphatic carbocycles. The summed E-state index contributed by atoms with van der Waals surface area (Å²) in [5.41, 5.74) is 2.44. The number of nitrogens with zero attached hydrogens (tertiary/aromatic N) is 1. The normalized spacial score (nSPS) is 10.8. The Hall–Kier alpha value is -3.08. The number of hydrogen-bond donors (Lipinski definition) is 1. The van der Waals surface area contributed by atoms with Gasteiger partial charge in [0.2, 0.25) is 0 Å². The highest BCUT2D eigenvalue weighted by Gasteiger charge is 2.15. The molecule has 3 nitrogen and oxygen atoms in total. The van der Waals surface area contributed by atoms with Crippen molar-refractivity contribution in [1.82, 2.24) is 10.3 Å². The van der Waals surface area contributed by atoms with Crippen molar-refractivity contribution in [2.24, 2.45) is 0 Å². The van der Waals surface area contributed by atoms with E-state index in [0.29, 0.717) is 12.1 Å². The van der Waals surface area contributed by atoms with Gasteiger partial charge in [-0.05, 0) is 60.4 Å². The third-order valence-corrected chi connectivity index (χ3v) is 4.42. The Morgan fingerprint density at radius 1 is 0.926 bits per heavy atom. The zero-order valence-electron chi connectivity index (χ0n) is 14.7. The molecule has 0 radical (unpaired) electrons. The number of halogens is 2. The highest BCUT2D eigenvalue weighted by molar-refractivity contribution is 5.93. The summed E-state index contributed by atoms with van der Waals surface area (Å²) in [5, 5.41) is 2.88. The second-order valence-corrected chi connectivity index (χ2v) is 6.30. The molecule has 1 aromatic heterocycles. The summed E-state index contributed by atoms with van der Waals surface area (Å²) >= 11 is 0. The molecule has 0 saturated heterocycles. The van der Waals surface area contributed by atoms with Crippen molar-refractivity contribution >= 4 is 5.91 Å². The Morgan fingerprint density at radius 3 is 2.04 bits per heavy atom. The first-order valence-corrected chi connectivity index (χ1v) is 8.82. The average molecular weight is 366 g/mol. The van der Waals surface area contributed by atoms with Crippen molar-refractivity contribution < 1.29 is 13.6 Å². The van der Waals surface area contributed by atoms with Crippen molar-refractivity contribution in [3.05, 3.63) is 101 Å². The Bertz CT molecular complexity index is 820. The lowest BCUT2D eigenvalue weighted by atomic mass is 9.87. The third-order valence-electron chi connectivity index (χ3n) is 4.42. The zero-order valence-corrected chi connectivity index (χ0v) is 14.7. The highest BCUT2D eigenvalue weighted by Crippen LogP contribution is 2.29. The lowest BCUT2D eigenvalue weighted by Crippen LogP contribution is -2.24. The molecule has 1 heterocycles. The van der Waals surface area contributed by atoms with E-state index in [4.69, 9.17) is 0 Å². The van der Waals surface area contributed by atoms with E-state index in [9.17, 15) is 13.6 Å². The van der Waals surface area contributed by atoms with Crippen LogP contribution in [0.3, 0.4) is 0 Å². The molecule has 0 bridgehead atoms. The molecule has 3 rings (SSSR count). The summed E-state index contributed by atoms with van der Waals surface area (Å²) in [6.07, 6.45) is 4.61. The first kappa shape index (κ1) is 18.7. The lowest BCUT2D eigenvalue weighted by Gasteiger charge is -2.18. The maximum absolute atomic E-state index is 13.3. The minimum absolute atomic E-state index is 0.00138. The molecule has 5 heteroatoms. The maximum atomic E-state index is 13.3. The van der Waals surface area contributed by atoms with Gasteiger partial charge in [0.1, 0.15) is 11.6 Å². The molecule has 0 aliphatic heterocycles. The van der Waals surface area contributed by atoms with Crippen LogP contribution in [0.15, 0.2) is 73.1 Å². The summed E-state index contributed by atoms with van der Waals surface area (Å²) in [6.45, 7) is 0.507. The number of benzene rings is 2. The maximum Gasteiger partial charge on any atom is 0.252 e. The van der Waals surface area contributed by atoms with Crippen LogP contribution in [0.1, 0.15) is 40.2 Å². The van der Waals surface area contributed by atoms with Crippen LogP contribution < -0.4 is 5.32 Å². The van der Waals surface area contributed by atoms with Crippen molar-refractivity contribution in [2.45, 2.75) is 18.8 Å². The number of rotatable bonds is 7. The second-order valence-electron chi connectivity index (χ2n) is 6.30. The van der Waals surface area contributed by atoms with Gasteiger partial charge in [0.15, 0.2) is 0 Å². The van der Waals surface area contributed by atoms with Gasteiger partial charge >= 0.3 is 0 Å². The predicted octanol–water partition coefficient (Wildman–Crippen LogP) is 4.70. The second kappa shape index (κ2) is 9.03. The van der Waals surface area contributed by atoms with Crippen molar-refractivity contribution in [3.63, 3.8) is 0 Å². The molecule has 0 aliphatic rings. The van der Waals surface area contributed by atoms with Crippen LogP contribution in [0.5, 0.6) is 0 Å². The molecule has 3 aromatic rings. The van der Waals surface area contributed by atoms with Gasteiger partial charge in [0.05, 0.1) is 5.56 Å². The van der Waals surface area contributed by atoms with Gasteiger partial charge in [0.25, 0.3) is 5.91 Å². The van der Waals surface area contributed by atoms with E-state index in [-0.39, 0.29) is 23.5 Å². The number of pyridine rings is 1. The molecule has 0 fully saturated rings. The fraction of sp³-hybridized carbons (Fsp3) is 0.182. The van der Waals surface area contributed by atoms with E-state index in [1.165, 1.54) is 30.5 Å². The van der Waals surface area contributed by atoms with Crippen LogP contribution in [0.25, 0.3) is 0 Å². The molecule has 0 spiro atoms. The minimum atomic E-state index is -0.291. The zero-order chi connectivity index (χ0) is 19.1. The Morgan fingerprint density at radius 2 is 1.52 bits per heavy atom. The van der Waals surface area contributed by atoms with E-state index in [1.54, 1.807) is 42.6 Å². The molecule has 27 heavy (non-hydrogen) atoms. The monoisotopic (exact) mass is 366 g/mol. The standard InChI is InChI=1S/C22H20F2N2O/c23-19-9-5-16(6-10-19)21(17-7-11-20(24)12-8-17)4-2-14-26-22(27)18-3-1-13-25-15-18/h1,3,5-13,15,21H,2,4,14H2,(H,26,27). The van der Waals surface area contributed by atoms with E-state index < -0.39 is 0 Å². The molecule has 1 N–H and O–H groups in total. The van der Waals surface area contributed by atoms with E-state index in [0.717, 1.165) is 24.0 Å². The average Bonchev–Trinajstić information content (AvgIpc) is 2.70. The molecular weight excluding hydrogens is 346 g/mol. The number of amides is 1. The molecule has 0 saturated carbocycles. The number of aromatic nitrogens is 1. The smallest absolute Gasteiger partial charge is 0.252 e. The van der Waals surface area contributed by atoms with Crippen LogP contribution in [-0.4, -0.2) is 17.4 Å². The SMILES string of the molecule is O=C(NCCCC(c1ccc(F)cc1)c1ccc(F)cc1)c1cccnc1. The molecule has 1 amide bonds. The van der Waals surface area contributed by atoms with Gasteiger partial charge in [-0.1, -0.05) is 24.3 Å². The molecule has 2 aromatic carbocycles. The topological polar surface area (TPSA) is 42.0 Å². The summed E-state index contributed by atoms with van der Waals surface area (Å²) in [7, 11) is 0. The van der Waals surface area contributed by atoms with Gasteiger partial charge < -0.3 is 5.32 Å². The molecule has 0 unspecified atom stereocenters. The summed E-state index contributed by atoms with van der Waals surface area (Å²) < 4.78 is 26.5. The Labute approximate surface area is 157 Å². The fourth-order valence-corrected chi connectivity index (χ4v) is 3.02. The van der Waals surface area contributed by atoms with Crippen LogP contribution >= 0.6 is 0 Å². The van der Waals surface area contributed by atoms with Crippen molar-refractivity contribution in [1.29, 1.82) is 0 Å². The van der Waals surface area contributed by atoms with E-state index in [1.807, 2.05) is 0 Å². The van der Waals surface area contributed by atoms with Crippen molar-refractivity contribution in [3.8, 4) is 0 Å². The fourth-order valence-electron chi connectivity index (χ4n) is 3.02. The van der Waals surface area contributed by atoms with Crippen LogP contribution in [0, 0.1) is 11.6 Å². The first-order valence-electron chi connectivity index (χ1n) is 8.82. The summed E-state index contributed by atoms with van der Waals surface area (Å²) in [4.78, 5) is 16.0. The number of hydrogen-bond acceptors (Lipinski definition) is 2. The van der Waals surface area contributed by atoms with Crippen LogP contribution in [0.2, 0.25) is 0 Å². The van der Waals surface area contributed by atoms with Crippen LogP contribution in [0.4, 0.5) is 8.78 Å². The lowest BCUT2D eigenvalue weighted by molar-refractivity contribution is 0.0952. The van der Waals surface area contributed by atoms with Crippen LogP contribution in [-0.2, 0) is 0 Å². The Balaban J connectivity index is 1.64. The van der Waals surface area contributed by atoms with Gasteiger partial charge in [-0.3, -0.25) is 9.78 Å². The number of carbonyl (C=O) groups is 1. The quantitative estimate of drug-likeness (QED) is 0.616. The van der Waals surface area contributed by atoms with Gasteiger partial charge in [0, 0.05) is 24.9 Å². The first-order chi connectivity index (χ1) is 13.1. The molecular formula is C22H20F2N2O.